The van der Waals surface area contributed by atoms with E-state index in [1.165, 1.54) is 5.56 Å². The van der Waals surface area contributed by atoms with E-state index in [0.29, 0.717) is 52.1 Å². The third-order valence-electron chi connectivity index (χ3n) is 6.79. The van der Waals surface area contributed by atoms with Crippen LogP contribution in [-0.2, 0) is 27.3 Å². The van der Waals surface area contributed by atoms with Gasteiger partial charge in [-0.25, -0.2) is 0 Å². The van der Waals surface area contributed by atoms with Gasteiger partial charge in [-0.3, -0.25) is 14.4 Å². The van der Waals surface area contributed by atoms with Gasteiger partial charge in [-0.05, 0) is 36.6 Å². The maximum atomic E-state index is 13.1. The SMILES string of the molecule is COc1ccc(CCC(=O)N2CCN(C(=O)C3CC(=O)N(Cc4ccc(C)cc4)C3)CC2)cc1. The molecule has 1 atom stereocenters. The molecule has 0 spiro atoms. The van der Waals surface area contributed by atoms with Crippen LogP contribution in [0.5, 0.6) is 5.75 Å². The van der Waals surface area contributed by atoms with Crippen molar-refractivity contribution in [1.82, 2.24) is 14.7 Å². The maximum Gasteiger partial charge on any atom is 0.228 e. The Morgan fingerprint density at radius 2 is 1.53 bits per heavy atom. The highest BCUT2D eigenvalue weighted by Gasteiger charge is 2.37. The standard InChI is InChI=1S/C27H33N3O4/c1-20-3-5-22(6-4-20)18-30-19-23(17-26(30)32)27(33)29-15-13-28(14-16-29)25(31)12-9-21-7-10-24(34-2)11-8-21/h3-8,10-11,23H,9,12-19H2,1-2H3. The van der Waals surface area contributed by atoms with E-state index < -0.39 is 0 Å². The minimum atomic E-state index is -0.296. The van der Waals surface area contributed by atoms with E-state index in [9.17, 15) is 14.4 Å². The normalized spacial score (nSPS) is 18.4. The molecule has 2 aliphatic heterocycles. The van der Waals surface area contributed by atoms with Gasteiger partial charge in [0.05, 0.1) is 13.0 Å². The molecule has 2 fully saturated rings. The van der Waals surface area contributed by atoms with Crippen molar-refractivity contribution in [3.8, 4) is 5.75 Å². The lowest BCUT2D eigenvalue weighted by molar-refractivity contribution is -0.142. The number of ether oxygens (including phenoxy) is 1. The van der Waals surface area contributed by atoms with Crippen LogP contribution in [0.15, 0.2) is 48.5 Å². The molecular weight excluding hydrogens is 430 g/mol. The maximum absolute atomic E-state index is 13.1. The number of piperazine rings is 1. The first kappa shape index (κ1) is 23.8. The molecule has 2 saturated heterocycles. The number of likely N-dealkylation sites (tertiary alicyclic amines) is 1. The molecule has 34 heavy (non-hydrogen) atoms. The summed E-state index contributed by atoms with van der Waals surface area (Å²) in [6.45, 7) is 5.17. The van der Waals surface area contributed by atoms with Crippen molar-refractivity contribution in [1.29, 1.82) is 0 Å². The number of hydrogen-bond donors (Lipinski definition) is 0. The van der Waals surface area contributed by atoms with Crippen molar-refractivity contribution < 1.29 is 19.1 Å². The predicted octanol–water partition coefficient (Wildman–Crippen LogP) is 2.66. The molecule has 2 aromatic rings. The van der Waals surface area contributed by atoms with Crippen molar-refractivity contribution in [2.75, 3.05) is 39.8 Å². The van der Waals surface area contributed by atoms with E-state index in [0.717, 1.165) is 16.9 Å². The molecule has 0 bridgehead atoms. The van der Waals surface area contributed by atoms with Crippen LogP contribution in [0.2, 0.25) is 0 Å². The number of hydrogen-bond acceptors (Lipinski definition) is 4. The second-order valence-corrected chi connectivity index (χ2v) is 9.22. The number of rotatable bonds is 7. The number of nitrogens with zero attached hydrogens (tertiary/aromatic N) is 3. The minimum Gasteiger partial charge on any atom is -0.497 e. The first-order valence-corrected chi connectivity index (χ1v) is 12.0. The number of benzene rings is 2. The van der Waals surface area contributed by atoms with Gasteiger partial charge in [0.25, 0.3) is 0 Å². The third-order valence-corrected chi connectivity index (χ3v) is 6.79. The molecule has 0 aromatic heterocycles. The van der Waals surface area contributed by atoms with Gasteiger partial charge in [0.15, 0.2) is 0 Å². The Bertz CT molecular complexity index is 1010. The molecular formula is C27H33N3O4. The van der Waals surface area contributed by atoms with Crippen molar-refractivity contribution >= 4 is 17.7 Å². The zero-order valence-corrected chi connectivity index (χ0v) is 20.0. The van der Waals surface area contributed by atoms with Crippen molar-refractivity contribution in [3.05, 3.63) is 65.2 Å². The molecule has 2 aliphatic rings. The van der Waals surface area contributed by atoms with E-state index in [-0.39, 0.29) is 30.1 Å². The van der Waals surface area contributed by atoms with E-state index in [4.69, 9.17) is 4.74 Å². The van der Waals surface area contributed by atoms with Crippen molar-refractivity contribution in [2.24, 2.45) is 5.92 Å². The molecule has 180 valence electrons. The van der Waals surface area contributed by atoms with Crippen LogP contribution < -0.4 is 4.74 Å². The van der Waals surface area contributed by atoms with Crippen LogP contribution in [0.25, 0.3) is 0 Å². The smallest absolute Gasteiger partial charge is 0.228 e. The highest BCUT2D eigenvalue weighted by Crippen LogP contribution is 2.23. The fraction of sp³-hybridized carbons (Fsp3) is 0.444. The Hall–Kier alpha value is -3.35. The van der Waals surface area contributed by atoms with Gasteiger partial charge < -0.3 is 19.4 Å². The highest BCUT2D eigenvalue weighted by atomic mass is 16.5. The van der Waals surface area contributed by atoms with Gasteiger partial charge in [-0.15, -0.1) is 0 Å². The molecule has 7 heteroatoms. The molecule has 0 radical (unpaired) electrons. The van der Waals surface area contributed by atoms with E-state index in [1.807, 2.05) is 65.3 Å². The van der Waals surface area contributed by atoms with E-state index in [1.54, 1.807) is 12.0 Å². The van der Waals surface area contributed by atoms with Gasteiger partial charge in [-0.1, -0.05) is 42.0 Å². The van der Waals surface area contributed by atoms with E-state index >= 15 is 0 Å². The van der Waals surface area contributed by atoms with Crippen LogP contribution in [0.1, 0.15) is 29.5 Å². The minimum absolute atomic E-state index is 0.0325. The summed E-state index contributed by atoms with van der Waals surface area (Å²) in [6.07, 6.45) is 1.40. The Kier molecular flexibility index (Phi) is 7.50. The van der Waals surface area contributed by atoms with Gasteiger partial charge in [0.2, 0.25) is 17.7 Å². The van der Waals surface area contributed by atoms with Crippen LogP contribution >= 0.6 is 0 Å². The Morgan fingerprint density at radius 1 is 0.912 bits per heavy atom. The topological polar surface area (TPSA) is 70.2 Å². The lowest BCUT2D eigenvalue weighted by Crippen LogP contribution is -2.52. The Morgan fingerprint density at radius 3 is 2.18 bits per heavy atom. The van der Waals surface area contributed by atoms with Crippen molar-refractivity contribution in [3.63, 3.8) is 0 Å². The molecule has 2 aromatic carbocycles. The summed E-state index contributed by atoms with van der Waals surface area (Å²) < 4.78 is 5.17. The molecule has 0 aliphatic carbocycles. The lowest BCUT2D eigenvalue weighted by atomic mass is 10.1. The molecule has 0 saturated carbocycles. The van der Waals surface area contributed by atoms with Gasteiger partial charge >= 0.3 is 0 Å². The molecule has 0 N–H and O–H groups in total. The highest BCUT2D eigenvalue weighted by molar-refractivity contribution is 5.89. The predicted molar refractivity (Wildman–Crippen MR) is 129 cm³/mol. The van der Waals surface area contributed by atoms with Crippen LogP contribution in [-0.4, -0.2) is 72.3 Å². The second kappa shape index (κ2) is 10.7. The van der Waals surface area contributed by atoms with Crippen LogP contribution in [0.3, 0.4) is 0 Å². The fourth-order valence-electron chi connectivity index (χ4n) is 4.64. The van der Waals surface area contributed by atoms with E-state index in [2.05, 4.69) is 0 Å². The summed E-state index contributed by atoms with van der Waals surface area (Å²) in [5, 5.41) is 0. The van der Waals surface area contributed by atoms with Gasteiger partial charge in [0, 0.05) is 52.1 Å². The second-order valence-electron chi connectivity index (χ2n) is 9.22. The molecule has 7 nitrogen and oxygen atoms in total. The number of carbonyl (C=O) groups excluding carboxylic acids is 3. The summed E-state index contributed by atoms with van der Waals surface area (Å²) in [5.74, 6) is 0.688. The summed E-state index contributed by atoms with van der Waals surface area (Å²) in [4.78, 5) is 43.7. The van der Waals surface area contributed by atoms with Crippen molar-refractivity contribution in [2.45, 2.75) is 32.7 Å². The lowest BCUT2D eigenvalue weighted by Gasteiger charge is -2.36. The first-order chi connectivity index (χ1) is 16.4. The first-order valence-electron chi connectivity index (χ1n) is 12.0. The Labute approximate surface area is 201 Å². The summed E-state index contributed by atoms with van der Waals surface area (Å²) in [5.41, 5.74) is 3.36. The van der Waals surface area contributed by atoms with Gasteiger partial charge in [-0.2, -0.15) is 0 Å². The zero-order valence-electron chi connectivity index (χ0n) is 20.0. The molecule has 3 amide bonds. The monoisotopic (exact) mass is 463 g/mol. The fourth-order valence-corrected chi connectivity index (χ4v) is 4.64. The third kappa shape index (κ3) is 5.76. The number of methoxy groups -OCH3 is 1. The molecule has 2 heterocycles. The van der Waals surface area contributed by atoms with Gasteiger partial charge in [0.1, 0.15) is 5.75 Å². The Balaban J connectivity index is 1.22. The van der Waals surface area contributed by atoms with Crippen LogP contribution in [0, 0.1) is 12.8 Å². The molecule has 4 rings (SSSR count). The number of carbonyl (C=O) groups is 3. The van der Waals surface area contributed by atoms with Crippen LogP contribution in [0.4, 0.5) is 0 Å². The number of amides is 3. The quantitative estimate of drug-likeness (QED) is 0.633. The number of aryl methyl sites for hydroxylation is 2. The molecule has 1 unspecified atom stereocenters. The summed E-state index contributed by atoms with van der Waals surface area (Å²) >= 11 is 0. The largest absolute Gasteiger partial charge is 0.497 e. The zero-order chi connectivity index (χ0) is 24.1. The average molecular weight is 464 g/mol. The average Bonchev–Trinajstić information content (AvgIpc) is 3.23. The summed E-state index contributed by atoms with van der Waals surface area (Å²) in [6, 6.07) is 15.9. The summed E-state index contributed by atoms with van der Waals surface area (Å²) in [7, 11) is 1.63.